The molecule has 0 atom stereocenters. The molecule has 1 heteroatoms. The average Bonchev–Trinajstić information content (AvgIpc) is 2.35. The van der Waals surface area contributed by atoms with Crippen LogP contribution in [0.25, 0.3) is 0 Å². The molecule has 0 aliphatic rings. The number of hydrogen-bond acceptors (Lipinski definition) is 1. The van der Waals surface area contributed by atoms with Crippen molar-refractivity contribution in [1.82, 2.24) is 0 Å². The van der Waals surface area contributed by atoms with Crippen molar-refractivity contribution in [2.24, 2.45) is 0 Å². The van der Waals surface area contributed by atoms with Gasteiger partial charge in [-0.3, -0.25) is 0 Å². The molecule has 0 aliphatic carbocycles. The summed E-state index contributed by atoms with van der Waals surface area (Å²) >= 11 is 0. The van der Waals surface area contributed by atoms with Crippen LogP contribution in [0.2, 0.25) is 0 Å². The zero-order valence-corrected chi connectivity index (χ0v) is 11.4. The average molecular weight is 236 g/mol. The number of terminal acetylenes is 1. The lowest BCUT2D eigenvalue weighted by atomic mass is 10.1. The van der Waals surface area contributed by atoms with Gasteiger partial charge in [0.05, 0.1) is 6.61 Å². The highest BCUT2D eigenvalue weighted by Gasteiger charge is 1.91. The van der Waals surface area contributed by atoms with E-state index in [1.54, 1.807) is 7.11 Å². The van der Waals surface area contributed by atoms with Crippen LogP contribution in [0, 0.1) is 12.3 Å². The maximum Gasteiger partial charge on any atom is 0.0643 e. The van der Waals surface area contributed by atoms with E-state index in [9.17, 15) is 0 Å². The molecule has 0 N–H and O–H groups in total. The van der Waals surface area contributed by atoms with E-state index in [0.29, 0.717) is 0 Å². The van der Waals surface area contributed by atoms with Crippen molar-refractivity contribution in [3.8, 4) is 12.3 Å². The summed E-state index contributed by atoms with van der Waals surface area (Å²) in [6, 6.07) is 0. The maximum atomic E-state index is 5.20. The van der Waals surface area contributed by atoms with Crippen LogP contribution in [0.1, 0.15) is 64.2 Å². The molecule has 0 aromatic heterocycles. The van der Waals surface area contributed by atoms with Gasteiger partial charge in [0.2, 0.25) is 0 Å². The standard InChI is InChI=1S/C16H28O/c1-3-4-5-6-7-8-9-10-11-12-13-14-15-16-17-2/h1,14-15H,4-13,16H2,2H3/b15-14+. The Labute approximate surface area is 108 Å². The van der Waals surface area contributed by atoms with Crippen molar-refractivity contribution in [3.63, 3.8) is 0 Å². The van der Waals surface area contributed by atoms with Gasteiger partial charge < -0.3 is 4.74 Å². The first kappa shape index (κ1) is 16.3. The molecule has 0 spiro atoms. The van der Waals surface area contributed by atoms with Crippen molar-refractivity contribution < 1.29 is 4.74 Å². The van der Waals surface area contributed by atoms with Gasteiger partial charge in [0.25, 0.3) is 0 Å². The molecular formula is C16H28O. The van der Waals surface area contributed by atoms with Gasteiger partial charge in [0.1, 0.15) is 0 Å². The first-order valence-electron chi connectivity index (χ1n) is 6.99. The lowest BCUT2D eigenvalue weighted by Gasteiger charge is -2.00. The monoisotopic (exact) mass is 236 g/mol. The van der Waals surface area contributed by atoms with E-state index in [1.807, 2.05) is 0 Å². The number of ether oxygens (including phenoxy) is 1. The Balaban J connectivity index is 2.96. The smallest absolute Gasteiger partial charge is 0.0643 e. The number of unbranched alkanes of at least 4 members (excludes halogenated alkanes) is 9. The summed E-state index contributed by atoms with van der Waals surface area (Å²) in [4.78, 5) is 0. The van der Waals surface area contributed by atoms with Crippen LogP contribution in [0.4, 0.5) is 0 Å². The minimum Gasteiger partial charge on any atom is -0.381 e. The second-order valence-corrected chi connectivity index (χ2v) is 4.50. The van der Waals surface area contributed by atoms with Crippen LogP contribution in [-0.4, -0.2) is 13.7 Å². The zero-order valence-electron chi connectivity index (χ0n) is 11.4. The van der Waals surface area contributed by atoms with Crippen LogP contribution < -0.4 is 0 Å². The van der Waals surface area contributed by atoms with Crippen LogP contribution in [-0.2, 0) is 4.74 Å². The zero-order chi connectivity index (χ0) is 12.6. The SMILES string of the molecule is C#CCCCCCCCCCC/C=C/COC. The summed E-state index contributed by atoms with van der Waals surface area (Å²) in [5.41, 5.74) is 0. The van der Waals surface area contributed by atoms with Crippen LogP contribution in [0.3, 0.4) is 0 Å². The topological polar surface area (TPSA) is 9.23 Å². The van der Waals surface area contributed by atoms with E-state index < -0.39 is 0 Å². The molecule has 0 heterocycles. The molecule has 0 unspecified atom stereocenters. The fourth-order valence-corrected chi connectivity index (χ4v) is 1.83. The lowest BCUT2D eigenvalue weighted by Crippen LogP contribution is -1.82. The van der Waals surface area contributed by atoms with E-state index in [-0.39, 0.29) is 0 Å². The minimum absolute atomic E-state index is 0.748. The molecule has 0 amide bonds. The predicted molar refractivity (Wildman–Crippen MR) is 76.0 cm³/mol. The van der Waals surface area contributed by atoms with Crippen LogP contribution in [0.5, 0.6) is 0 Å². The van der Waals surface area contributed by atoms with Crippen molar-refractivity contribution in [1.29, 1.82) is 0 Å². The minimum atomic E-state index is 0.748. The van der Waals surface area contributed by atoms with Gasteiger partial charge in [-0.25, -0.2) is 0 Å². The van der Waals surface area contributed by atoms with Crippen molar-refractivity contribution in [2.45, 2.75) is 64.2 Å². The third-order valence-electron chi connectivity index (χ3n) is 2.87. The largest absolute Gasteiger partial charge is 0.381 e. The highest BCUT2D eigenvalue weighted by atomic mass is 16.5. The molecule has 17 heavy (non-hydrogen) atoms. The molecular weight excluding hydrogens is 208 g/mol. The molecule has 0 aliphatic heterocycles. The number of rotatable bonds is 12. The fraction of sp³-hybridized carbons (Fsp3) is 0.750. The molecule has 0 radical (unpaired) electrons. The van der Waals surface area contributed by atoms with E-state index in [1.165, 1.54) is 57.8 Å². The Morgan fingerprint density at radius 2 is 1.47 bits per heavy atom. The quantitative estimate of drug-likeness (QED) is 0.270. The summed E-state index contributed by atoms with van der Waals surface area (Å²) in [5.74, 6) is 2.69. The van der Waals surface area contributed by atoms with Gasteiger partial charge >= 0.3 is 0 Å². The molecule has 0 rings (SSSR count). The predicted octanol–water partition coefficient (Wildman–Crippen LogP) is 4.72. The maximum absolute atomic E-state index is 5.20. The first-order valence-corrected chi connectivity index (χ1v) is 6.99. The second-order valence-electron chi connectivity index (χ2n) is 4.50. The third kappa shape index (κ3) is 15.3. The van der Waals surface area contributed by atoms with E-state index >= 15 is 0 Å². The van der Waals surface area contributed by atoms with Gasteiger partial charge in [-0.1, -0.05) is 50.7 Å². The molecule has 0 bridgehead atoms. The molecule has 98 valence electrons. The normalized spacial score (nSPS) is 10.8. The van der Waals surface area contributed by atoms with Gasteiger partial charge in [0.15, 0.2) is 0 Å². The van der Waals surface area contributed by atoms with E-state index in [4.69, 9.17) is 11.2 Å². The summed E-state index contributed by atoms with van der Waals surface area (Å²) in [5, 5.41) is 0. The number of hydrogen-bond donors (Lipinski definition) is 0. The molecule has 0 aromatic rings. The number of allylic oxidation sites excluding steroid dienone is 1. The second kappa shape index (κ2) is 15.3. The molecule has 0 saturated carbocycles. The molecule has 0 saturated heterocycles. The Hall–Kier alpha value is -0.740. The number of methoxy groups -OCH3 is 1. The first-order chi connectivity index (χ1) is 8.41. The Kier molecular flexibility index (Phi) is 14.6. The molecule has 1 nitrogen and oxygen atoms in total. The van der Waals surface area contributed by atoms with Crippen molar-refractivity contribution in [3.05, 3.63) is 12.2 Å². The van der Waals surface area contributed by atoms with Gasteiger partial charge in [0, 0.05) is 13.5 Å². The van der Waals surface area contributed by atoms with Crippen LogP contribution in [0.15, 0.2) is 12.2 Å². The summed E-state index contributed by atoms with van der Waals surface area (Å²) < 4.78 is 4.94. The Morgan fingerprint density at radius 1 is 0.882 bits per heavy atom. The Bertz CT molecular complexity index is 200. The van der Waals surface area contributed by atoms with Gasteiger partial charge in [-0.2, -0.15) is 0 Å². The van der Waals surface area contributed by atoms with Crippen molar-refractivity contribution >= 4 is 0 Å². The van der Waals surface area contributed by atoms with E-state index in [2.05, 4.69) is 18.1 Å². The van der Waals surface area contributed by atoms with Crippen molar-refractivity contribution in [2.75, 3.05) is 13.7 Å². The molecule has 0 fully saturated rings. The highest BCUT2D eigenvalue weighted by molar-refractivity contribution is 4.82. The van der Waals surface area contributed by atoms with Gasteiger partial charge in [-0.05, 0) is 19.3 Å². The Morgan fingerprint density at radius 3 is 2.06 bits per heavy atom. The lowest BCUT2D eigenvalue weighted by molar-refractivity contribution is 0.233. The summed E-state index contributed by atoms with van der Waals surface area (Å²) in [6.45, 7) is 0.748. The summed E-state index contributed by atoms with van der Waals surface area (Å²) in [6.07, 6.45) is 22.4. The van der Waals surface area contributed by atoms with Crippen LogP contribution >= 0.6 is 0 Å². The van der Waals surface area contributed by atoms with E-state index in [0.717, 1.165) is 13.0 Å². The van der Waals surface area contributed by atoms with Gasteiger partial charge in [-0.15, -0.1) is 12.3 Å². The highest BCUT2D eigenvalue weighted by Crippen LogP contribution is 2.10. The fourth-order valence-electron chi connectivity index (χ4n) is 1.83. The summed E-state index contributed by atoms with van der Waals surface area (Å²) in [7, 11) is 1.73. The third-order valence-corrected chi connectivity index (χ3v) is 2.87. The molecule has 0 aromatic carbocycles.